The molecule has 4 heterocycles. The molecule has 2 N–H and O–H groups in total. The molecule has 0 bridgehead atoms. The molecule has 2 aliphatic heterocycles. The maximum absolute atomic E-state index is 13.0. The fraction of sp³-hybridized carbons (Fsp3) is 0.600. The van der Waals surface area contributed by atoms with E-state index in [2.05, 4.69) is 25.2 Å². The number of amidine groups is 1. The van der Waals surface area contributed by atoms with Gasteiger partial charge < -0.3 is 29.3 Å². The van der Waals surface area contributed by atoms with Gasteiger partial charge in [0.15, 0.2) is 12.4 Å². The summed E-state index contributed by atoms with van der Waals surface area (Å²) in [6, 6.07) is 2.73. The molecule has 2 saturated heterocycles. The van der Waals surface area contributed by atoms with Gasteiger partial charge in [-0.2, -0.15) is 13.2 Å². The van der Waals surface area contributed by atoms with Crippen LogP contribution in [0, 0.1) is 5.41 Å². The highest BCUT2D eigenvalue weighted by Gasteiger charge is 2.34. The predicted octanol–water partition coefficient (Wildman–Crippen LogP) is 4.07. The number of aromatic nitrogens is 3. The van der Waals surface area contributed by atoms with E-state index >= 15 is 0 Å². The van der Waals surface area contributed by atoms with Crippen LogP contribution in [0.2, 0.25) is 0 Å². The zero-order valence-electron chi connectivity index (χ0n) is 21.6. The average Bonchev–Trinajstić information content (AvgIpc) is 2.91. The van der Waals surface area contributed by atoms with E-state index in [1.807, 2.05) is 12.1 Å². The molecule has 0 aliphatic carbocycles. The minimum atomic E-state index is -4.45. The summed E-state index contributed by atoms with van der Waals surface area (Å²) in [6.07, 6.45) is 0.661. The molecule has 2 aromatic rings. The Labute approximate surface area is 220 Å². The number of rotatable bonds is 8. The number of anilines is 3. The van der Waals surface area contributed by atoms with Crippen molar-refractivity contribution in [3.05, 3.63) is 35.9 Å². The lowest BCUT2D eigenvalue weighted by Crippen LogP contribution is -2.43. The first kappa shape index (κ1) is 27.8. The number of nitrogens with one attached hydrogen (secondary N) is 2. The Morgan fingerprint density at radius 3 is 2.47 bits per heavy atom. The molecule has 0 radical (unpaired) electrons. The first-order chi connectivity index (χ1) is 18.2. The van der Waals surface area contributed by atoms with Gasteiger partial charge in [-0.1, -0.05) is 0 Å². The molecule has 208 valence electrons. The molecule has 0 atom stereocenters. The number of ether oxygens (including phenoxy) is 3. The zero-order valence-corrected chi connectivity index (χ0v) is 21.6. The molecule has 2 fully saturated rings. The lowest BCUT2D eigenvalue weighted by Gasteiger charge is -2.29. The van der Waals surface area contributed by atoms with E-state index in [0.29, 0.717) is 32.2 Å². The van der Waals surface area contributed by atoms with Gasteiger partial charge in [0.05, 0.1) is 25.1 Å². The van der Waals surface area contributed by atoms with Crippen molar-refractivity contribution in [3.8, 4) is 0 Å². The van der Waals surface area contributed by atoms with Crippen LogP contribution in [-0.4, -0.2) is 84.2 Å². The summed E-state index contributed by atoms with van der Waals surface area (Å²) >= 11 is 0. The summed E-state index contributed by atoms with van der Waals surface area (Å²) < 4.78 is 55.1. The van der Waals surface area contributed by atoms with Crippen molar-refractivity contribution in [2.45, 2.75) is 51.4 Å². The molecule has 13 heteroatoms. The number of nitrogens with zero attached hydrogens (tertiary/aromatic N) is 5. The zero-order chi connectivity index (χ0) is 27.1. The van der Waals surface area contributed by atoms with Crippen LogP contribution in [0.5, 0.6) is 0 Å². The Morgan fingerprint density at radius 1 is 1.13 bits per heavy atom. The van der Waals surface area contributed by atoms with Gasteiger partial charge in [-0.15, -0.1) is 0 Å². The van der Waals surface area contributed by atoms with Crippen molar-refractivity contribution < 1.29 is 27.4 Å². The van der Waals surface area contributed by atoms with Crippen LogP contribution in [0.1, 0.15) is 44.0 Å². The van der Waals surface area contributed by atoms with Gasteiger partial charge in [0.2, 0.25) is 0 Å². The van der Waals surface area contributed by atoms with Crippen molar-refractivity contribution in [3.63, 3.8) is 0 Å². The number of hydrogen-bond acceptors (Lipinski definition) is 9. The average molecular weight is 538 g/mol. The minimum Gasteiger partial charge on any atom is -0.457 e. The number of hydrogen-bond donors (Lipinski definition) is 2. The van der Waals surface area contributed by atoms with Crippen LogP contribution in [0.25, 0.3) is 0 Å². The van der Waals surface area contributed by atoms with Crippen molar-refractivity contribution in [2.24, 2.45) is 0 Å². The monoisotopic (exact) mass is 537 g/mol. The van der Waals surface area contributed by atoms with Gasteiger partial charge in [0.1, 0.15) is 18.2 Å². The SMILES string of the molecule is CC(C)N(CC(F)(F)F)C(=N)OCc1ncc(C2CCOCC2)c(Nc2ccc(N3CCOCC3)nc2)n1. The van der Waals surface area contributed by atoms with Gasteiger partial charge in [-0.3, -0.25) is 5.41 Å². The Kier molecular flexibility index (Phi) is 9.21. The van der Waals surface area contributed by atoms with E-state index in [-0.39, 0.29) is 18.3 Å². The third kappa shape index (κ3) is 7.67. The van der Waals surface area contributed by atoms with Crippen molar-refractivity contribution in [1.29, 1.82) is 5.41 Å². The summed E-state index contributed by atoms with van der Waals surface area (Å²) in [5.41, 5.74) is 1.66. The van der Waals surface area contributed by atoms with Crippen molar-refractivity contribution in [2.75, 3.05) is 56.3 Å². The van der Waals surface area contributed by atoms with Gasteiger partial charge >= 0.3 is 6.18 Å². The molecule has 0 saturated carbocycles. The van der Waals surface area contributed by atoms with Crippen LogP contribution in [-0.2, 0) is 20.8 Å². The second kappa shape index (κ2) is 12.6. The molecular formula is C25H34F3N7O3. The smallest absolute Gasteiger partial charge is 0.406 e. The summed E-state index contributed by atoms with van der Waals surface area (Å²) in [6.45, 7) is 5.84. The highest BCUT2D eigenvalue weighted by molar-refractivity contribution is 5.70. The summed E-state index contributed by atoms with van der Waals surface area (Å²) in [5.74, 6) is 1.89. The molecule has 2 aliphatic rings. The third-order valence-corrected chi connectivity index (χ3v) is 6.45. The first-order valence-electron chi connectivity index (χ1n) is 12.7. The normalized spacial score (nSPS) is 16.9. The fourth-order valence-electron chi connectivity index (χ4n) is 4.38. The first-order valence-corrected chi connectivity index (χ1v) is 12.7. The van der Waals surface area contributed by atoms with Crippen LogP contribution in [0.15, 0.2) is 24.5 Å². The van der Waals surface area contributed by atoms with E-state index in [4.69, 9.17) is 19.6 Å². The topological polar surface area (TPSA) is 109 Å². The van der Waals surface area contributed by atoms with Gasteiger partial charge in [0, 0.05) is 44.1 Å². The van der Waals surface area contributed by atoms with E-state index < -0.39 is 24.8 Å². The molecule has 0 unspecified atom stereocenters. The number of alkyl halides is 3. The van der Waals surface area contributed by atoms with Crippen LogP contribution < -0.4 is 10.2 Å². The van der Waals surface area contributed by atoms with E-state index in [1.54, 1.807) is 26.2 Å². The van der Waals surface area contributed by atoms with E-state index in [0.717, 1.165) is 47.9 Å². The molecule has 38 heavy (non-hydrogen) atoms. The Hall–Kier alpha value is -3.19. The molecule has 0 spiro atoms. The third-order valence-electron chi connectivity index (χ3n) is 6.45. The minimum absolute atomic E-state index is 0.198. The Balaban J connectivity index is 1.49. The molecule has 0 aromatic carbocycles. The Morgan fingerprint density at radius 2 is 1.84 bits per heavy atom. The van der Waals surface area contributed by atoms with Gasteiger partial charge in [-0.25, -0.2) is 15.0 Å². The highest BCUT2D eigenvalue weighted by atomic mass is 19.4. The van der Waals surface area contributed by atoms with E-state index in [1.165, 1.54) is 0 Å². The molecule has 0 amide bonds. The molecular weight excluding hydrogens is 503 g/mol. The van der Waals surface area contributed by atoms with Crippen molar-refractivity contribution >= 4 is 23.3 Å². The van der Waals surface area contributed by atoms with Crippen molar-refractivity contribution in [1.82, 2.24) is 19.9 Å². The fourth-order valence-corrected chi connectivity index (χ4v) is 4.38. The summed E-state index contributed by atoms with van der Waals surface area (Å²) in [7, 11) is 0. The molecule has 4 rings (SSSR count). The van der Waals surface area contributed by atoms with Crippen LogP contribution in [0.4, 0.5) is 30.5 Å². The van der Waals surface area contributed by atoms with Gasteiger partial charge in [0.25, 0.3) is 6.02 Å². The predicted molar refractivity (Wildman–Crippen MR) is 136 cm³/mol. The number of pyridine rings is 1. The summed E-state index contributed by atoms with van der Waals surface area (Å²) in [4.78, 5) is 16.6. The second-order valence-corrected chi connectivity index (χ2v) is 9.54. The number of halogens is 3. The Bertz CT molecular complexity index is 1060. The summed E-state index contributed by atoms with van der Waals surface area (Å²) in [5, 5.41) is 11.4. The second-order valence-electron chi connectivity index (χ2n) is 9.54. The standard InChI is InChI=1S/C25H34F3N7O3/c1-17(2)35(16-25(26,27)28)24(29)38-15-21-30-14-20(18-5-9-36-10-6-18)23(33-21)32-19-3-4-22(31-13-19)34-7-11-37-12-8-34/h3-4,13-14,17-18,29H,5-12,15-16H2,1-2H3,(H,30,32,33). The number of morpholine rings is 1. The maximum Gasteiger partial charge on any atom is 0.406 e. The lowest BCUT2D eigenvalue weighted by atomic mass is 9.93. The lowest BCUT2D eigenvalue weighted by molar-refractivity contribution is -0.142. The highest BCUT2D eigenvalue weighted by Crippen LogP contribution is 2.32. The van der Waals surface area contributed by atoms with Crippen LogP contribution in [0.3, 0.4) is 0 Å². The molecule has 10 nitrogen and oxygen atoms in total. The quantitative estimate of drug-likeness (QED) is 0.381. The van der Waals surface area contributed by atoms with Gasteiger partial charge in [-0.05, 0) is 44.7 Å². The van der Waals surface area contributed by atoms with Crippen LogP contribution >= 0.6 is 0 Å². The largest absolute Gasteiger partial charge is 0.457 e. The van der Waals surface area contributed by atoms with E-state index in [9.17, 15) is 13.2 Å². The maximum atomic E-state index is 13.0. The molecule has 2 aromatic heterocycles.